The van der Waals surface area contributed by atoms with Crippen LogP contribution in [-0.2, 0) is 19.1 Å². The summed E-state index contributed by atoms with van der Waals surface area (Å²) < 4.78 is 24.0. The molecule has 2 heterocycles. The van der Waals surface area contributed by atoms with Crippen LogP contribution in [-0.4, -0.2) is 32.1 Å². The molecule has 0 spiro atoms. The van der Waals surface area contributed by atoms with Gasteiger partial charge < -0.3 is 14.8 Å². The maximum absolute atomic E-state index is 13.6. The van der Waals surface area contributed by atoms with Gasteiger partial charge in [0.25, 0.3) is 0 Å². The fourth-order valence-corrected chi connectivity index (χ4v) is 3.47. The highest BCUT2D eigenvalue weighted by Gasteiger charge is 2.39. The lowest BCUT2D eigenvalue weighted by Gasteiger charge is -2.33. The van der Waals surface area contributed by atoms with Crippen molar-refractivity contribution in [2.75, 3.05) is 20.3 Å². The van der Waals surface area contributed by atoms with E-state index >= 15 is 0 Å². The van der Waals surface area contributed by atoms with Crippen LogP contribution < -0.4 is 5.32 Å². The van der Waals surface area contributed by atoms with Crippen LogP contribution in [0.5, 0.6) is 0 Å². The van der Waals surface area contributed by atoms with E-state index in [0.717, 1.165) is 0 Å². The van der Waals surface area contributed by atoms with Crippen LogP contribution >= 0.6 is 15.9 Å². The second-order valence-corrected chi connectivity index (χ2v) is 6.42. The number of carbonyl (C=O) groups excluding carboxylic acids is 2. The number of hydrogen-bond donors (Lipinski definition) is 1. The van der Waals surface area contributed by atoms with E-state index in [0.29, 0.717) is 28.1 Å². The molecular weight excluding hydrogens is 381 g/mol. The lowest BCUT2D eigenvalue weighted by atomic mass is 9.78. The molecule has 0 radical (unpaired) electrons. The summed E-state index contributed by atoms with van der Waals surface area (Å²) in [6.45, 7) is 1.94. The smallest absolute Gasteiger partial charge is 0.336 e. The van der Waals surface area contributed by atoms with E-state index < -0.39 is 17.7 Å². The number of Topliss-reactive ketones (excluding diaryl/α,β-unsaturated/α-hetero) is 1. The van der Waals surface area contributed by atoms with Gasteiger partial charge >= 0.3 is 5.97 Å². The molecule has 0 aliphatic carbocycles. The normalized spacial score (nSPS) is 20.7. The van der Waals surface area contributed by atoms with Crippen LogP contribution in [0.4, 0.5) is 4.39 Å². The Labute approximate surface area is 146 Å². The molecule has 0 saturated carbocycles. The quantitative estimate of drug-likeness (QED) is 0.779. The van der Waals surface area contributed by atoms with Crippen molar-refractivity contribution >= 4 is 27.7 Å². The van der Waals surface area contributed by atoms with E-state index in [2.05, 4.69) is 21.2 Å². The average Bonchev–Trinajstić information content (AvgIpc) is 2.55. The summed E-state index contributed by atoms with van der Waals surface area (Å²) >= 11 is 3.16. The Balaban J connectivity index is 2.21. The van der Waals surface area contributed by atoms with E-state index in [9.17, 15) is 14.0 Å². The van der Waals surface area contributed by atoms with Crippen LogP contribution in [0.2, 0.25) is 0 Å². The fraction of sp³-hybridized carbons (Fsp3) is 0.294. The van der Waals surface area contributed by atoms with Gasteiger partial charge in [0, 0.05) is 22.9 Å². The van der Waals surface area contributed by atoms with Crippen molar-refractivity contribution in [1.82, 2.24) is 5.32 Å². The van der Waals surface area contributed by atoms with Crippen molar-refractivity contribution in [3.05, 3.63) is 56.6 Å². The number of ether oxygens (including phenoxy) is 2. The number of benzene rings is 1. The molecule has 7 heteroatoms. The monoisotopic (exact) mass is 395 g/mol. The molecule has 0 saturated heterocycles. The van der Waals surface area contributed by atoms with Gasteiger partial charge in [-0.1, -0.05) is 6.07 Å². The van der Waals surface area contributed by atoms with Crippen molar-refractivity contribution in [3.63, 3.8) is 0 Å². The predicted molar refractivity (Wildman–Crippen MR) is 87.5 cm³/mol. The van der Waals surface area contributed by atoms with Gasteiger partial charge in [-0.3, -0.25) is 4.79 Å². The van der Waals surface area contributed by atoms with Gasteiger partial charge in [0.15, 0.2) is 5.78 Å². The molecule has 0 aromatic heterocycles. The second kappa shape index (κ2) is 6.49. The number of nitrogens with one attached hydrogen (secondary N) is 1. The molecule has 1 N–H and O–H groups in total. The second-order valence-electron chi connectivity index (χ2n) is 5.57. The molecule has 24 heavy (non-hydrogen) atoms. The largest absolute Gasteiger partial charge is 0.466 e. The Hall–Kier alpha value is -1.99. The molecule has 1 atom stereocenters. The number of rotatable bonds is 2. The van der Waals surface area contributed by atoms with Crippen LogP contribution in [0.3, 0.4) is 0 Å². The number of carbonyl (C=O) groups is 2. The minimum atomic E-state index is -0.623. The summed E-state index contributed by atoms with van der Waals surface area (Å²) in [6.07, 6.45) is 0. The van der Waals surface area contributed by atoms with Crippen LogP contribution in [0.15, 0.2) is 45.2 Å². The van der Waals surface area contributed by atoms with Crippen LogP contribution in [0.1, 0.15) is 18.4 Å². The number of hydrogen-bond acceptors (Lipinski definition) is 5. The van der Waals surface area contributed by atoms with E-state index in [-0.39, 0.29) is 23.5 Å². The number of halogens is 2. The Morgan fingerprint density at radius 2 is 2.17 bits per heavy atom. The lowest BCUT2D eigenvalue weighted by molar-refractivity contribution is -0.136. The molecule has 0 bridgehead atoms. The number of methoxy groups -OCH3 is 1. The van der Waals surface area contributed by atoms with Gasteiger partial charge in [-0.15, -0.1) is 0 Å². The maximum Gasteiger partial charge on any atom is 0.336 e. The SMILES string of the molecule is COC(=O)C1=C(C)NC2=C(C(=O)COC2)C1c1ccc(F)c(Br)c1. The first-order chi connectivity index (χ1) is 11.4. The van der Waals surface area contributed by atoms with Crippen molar-refractivity contribution in [2.45, 2.75) is 12.8 Å². The van der Waals surface area contributed by atoms with Gasteiger partial charge in [0.1, 0.15) is 12.4 Å². The van der Waals surface area contributed by atoms with Crippen LogP contribution in [0, 0.1) is 5.82 Å². The van der Waals surface area contributed by atoms with Crippen LogP contribution in [0.25, 0.3) is 0 Å². The topological polar surface area (TPSA) is 64.6 Å². The third-order valence-electron chi connectivity index (χ3n) is 4.11. The Morgan fingerprint density at radius 1 is 1.42 bits per heavy atom. The number of esters is 1. The van der Waals surface area contributed by atoms with E-state index in [4.69, 9.17) is 9.47 Å². The zero-order chi connectivity index (χ0) is 17.4. The first-order valence-corrected chi connectivity index (χ1v) is 8.08. The number of ketones is 1. The minimum Gasteiger partial charge on any atom is -0.466 e. The highest BCUT2D eigenvalue weighted by atomic mass is 79.9. The standard InChI is InChI=1S/C17H15BrFNO4/c1-8-14(17(22)23-2)15(9-3-4-11(19)10(18)5-9)16-12(20-8)6-24-7-13(16)21/h3-5,15,20H,6-7H2,1-2H3. The molecule has 126 valence electrons. The third-order valence-corrected chi connectivity index (χ3v) is 4.71. The van der Waals surface area contributed by atoms with Crippen molar-refractivity contribution < 1.29 is 23.5 Å². The summed E-state index contributed by atoms with van der Waals surface area (Å²) in [7, 11) is 1.29. The average molecular weight is 396 g/mol. The molecule has 1 aromatic carbocycles. The van der Waals surface area contributed by atoms with Gasteiger partial charge in [0.2, 0.25) is 0 Å². The Morgan fingerprint density at radius 3 is 2.83 bits per heavy atom. The van der Waals surface area contributed by atoms with Gasteiger partial charge in [-0.25, -0.2) is 9.18 Å². The third kappa shape index (κ3) is 2.78. The van der Waals surface area contributed by atoms with Gasteiger partial charge in [0.05, 0.1) is 23.8 Å². The maximum atomic E-state index is 13.6. The van der Waals surface area contributed by atoms with Crippen molar-refractivity contribution in [1.29, 1.82) is 0 Å². The van der Waals surface area contributed by atoms with Gasteiger partial charge in [-0.05, 0) is 40.5 Å². The highest BCUT2D eigenvalue weighted by molar-refractivity contribution is 9.10. The van der Waals surface area contributed by atoms with Crippen molar-refractivity contribution in [3.8, 4) is 0 Å². The molecule has 2 aliphatic heterocycles. The number of dihydropyridines is 1. The fourth-order valence-electron chi connectivity index (χ4n) is 3.07. The van der Waals surface area contributed by atoms with Crippen molar-refractivity contribution in [2.24, 2.45) is 0 Å². The summed E-state index contributed by atoms with van der Waals surface area (Å²) in [5, 5.41) is 3.07. The first kappa shape index (κ1) is 16.9. The zero-order valence-electron chi connectivity index (χ0n) is 13.1. The molecule has 1 aromatic rings. The molecule has 0 amide bonds. The molecule has 1 unspecified atom stereocenters. The lowest BCUT2D eigenvalue weighted by Crippen LogP contribution is -2.38. The predicted octanol–water partition coefficient (Wildman–Crippen LogP) is 2.58. The summed E-state index contributed by atoms with van der Waals surface area (Å²) in [5.74, 6) is -1.78. The minimum absolute atomic E-state index is 0.0487. The summed E-state index contributed by atoms with van der Waals surface area (Å²) in [5.41, 5.74) is 2.65. The van der Waals surface area contributed by atoms with E-state index in [1.165, 1.54) is 13.2 Å². The first-order valence-electron chi connectivity index (χ1n) is 7.29. The summed E-state index contributed by atoms with van der Waals surface area (Å²) in [6, 6.07) is 4.45. The molecule has 5 nitrogen and oxygen atoms in total. The number of allylic oxidation sites excluding steroid dienone is 1. The molecular formula is C17H15BrFNO4. The summed E-state index contributed by atoms with van der Waals surface area (Å²) in [4.78, 5) is 24.8. The Kier molecular flexibility index (Phi) is 4.56. The molecule has 2 aliphatic rings. The Bertz CT molecular complexity index is 800. The van der Waals surface area contributed by atoms with Gasteiger partial charge in [-0.2, -0.15) is 0 Å². The van der Waals surface area contributed by atoms with E-state index in [1.54, 1.807) is 19.1 Å². The molecule has 0 fully saturated rings. The van der Waals surface area contributed by atoms with E-state index in [1.807, 2.05) is 0 Å². The molecule has 3 rings (SSSR count). The zero-order valence-corrected chi connectivity index (χ0v) is 14.7. The highest BCUT2D eigenvalue weighted by Crippen LogP contribution is 2.41.